The average Bonchev–Trinajstić information content (AvgIpc) is 2.46. The van der Waals surface area contributed by atoms with Crippen LogP contribution in [0.1, 0.15) is 34.6 Å². The lowest BCUT2D eigenvalue weighted by Gasteiger charge is -2.38. The molecule has 0 bridgehead atoms. The molecule has 1 saturated heterocycles. The number of nitrogens with zero attached hydrogens (tertiary/aromatic N) is 3. The number of carbonyl (C=O) groups is 3. The first-order valence-corrected chi connectivity index (χ1v) is 7.74. The number of likely N-dealkylation sites (N-methyl/N-ethyl adjacent to an activating group) is 1. The summed E-state index contributed by atoms with van der Waals surface area (Å²) in [6.07, 6.45) is -0.370. The van der Waals surface area contributed by atoms with E-state index in [1.807, 2.05) is 27.7 Å². The van der Waals surface area contributed by atoms with Crippen molar-refractivity contribution in [3.63, 3.8) is 0 Å². The number of hydrogen-bond acceptors (Lipinski definition) is 4. The standard InChI is InChI=1S/C15H27N3O4/c1-6-18(15(3,4)5)13(20)12(19)16-8-10-17(11-9-16)14(21)22-7-2/h6-11H2,1-5H3. The van der Waals surface area contributed by atoms with Crippen molar-refractivity contribution in [2.24, 2.45) is 0 Å². The zero-order valence-electron chi connectivity index (χ0n) is 14.2. The Balaban J connectivity index is 2.62. The third-order valence-electron chi connectivity index (χ3n) is 3.65. The van der Waals surface area contributed by atoms with Crippen molar-refractivity contribution in [2.75, 3.05) is 39.3 Å². The topological polar surface area (TPSA) is 70.2 Å². The molecule has 0 aromatic rings. The number of rotatable bonds is 2. The van der Waals surface area contributed by atoms with E-state index in [0.717, 1.165) is 0 Å². The van der Waals surface area contributed by atoms with Crippen LogP contribution in [0.4, 0.5) is 4.79 Å². The molecule has 1 aliphatic heterocycles. The van der Waals surface area contributed by atoms with E-state index in [9.17, 15) is 14.4 Å². The number of ether oxygens (including phenoxy) is 1. The van der Waals surface area contributed by atoms with Crippen molar-refractivity contribution in [2.45, 2.75) is 40.2 Å². The first-order chi connectivity index (χ1) is 10.2. The smallest absolute Gasteiger partial charge is 0.409 e. The normalized spacial score (nSPS) is 15.5. The molecule has 0 unspecified atom stereocenters. The van der Waals surface area contributed by atoms with Gasteiger partial charge in [0, 0.05) is 38.3 Å². The molecule has 0 aromatic heterocycles. The van der Waals surface area contributed by atoms with Crippen LogP contribution in [0.3, 0.4) is 0 Å². The highest BCUT2D eigenvalue weighted by molar-refractivity contribution is 6.35. The highest BCUT2D eigenvalue weighted by atomic mass is 16.6. The lowest BCUT2D eigenvalue weighted by atomic mass is 10.1. The van der Waals surface area contributed by atoms with Crippen LogP contribution in [-0.4, -0.2) is 77.5 Å². The molecule has 3 amide bonds. The zero-order chi connectivity index (χ0) is 16.9. The van der Waals surface area contributed by atoms with Gasteiger partial charge in [-0.3, -0.25) is 9.59 Å². The van der Waals surface area contributed by atoms with E-state index in [0.29, 0.717) is 39.3 Å². The first-order valence-electron chi connectivity index (χ1n) is 7.74. The molecular weight excluding hydrogens is 286 g/mol. The number of hydrogen-bond donors (Lipinski definition) is 0. The molecule has 0 saturated carbocycles. The van der Waals surface area contributed by atoms with Gasteiger partial charge in [0.1, 0.15) is 0 Å². The van der Waals surface area contributed by atoms with Gasteiger partial charge in [0.25, 0.3) is 0 Å². The lowest BCUT2D eigenvalue weighted by Crippen LogP contribution is -2.57. The van der Waals surface area contributed by atoms with Gasteiger partial charge in [0.05, 0.1) is 6.61 Å². The van der Waals surface area contributed by atoms with Crippen LogP contribution in [0.15, 0.2) is 0 Å². The van der Waals surface area contributed by atoms with Crippen LogP contribution >= 0.6 is 0 Å². The molecule has 1 fully saturated rings. The van der Waals surface area contributed by atoms with Gasteiger partial charge < -0.3 is 19.4 Å². The highest BCUT2D eigenvalue weighted by Gasteiger charge is 2.34. The van der Waals surface area contributed by atoms with Gasteiger partial charge >= 0.3 is 17.9 Å². The molecule has 0 aliphatic carbocycles. The second-order valence-electron chi connectivity index (χ2n) is 6.20. The van der Waals surface area contributed by atoms with Gasteiger partial charge in [-0.1, -0.05) is 0 Å². The van der Waals surface area contributed by atoms with Crippen molar-refractivity contribution in [3.05, 3.63) is 0 Å². The maximum absolute atomic E-state index is 12.4. The summed E-state index contributed by atoms with van der Waals surface area (Å²) in [6, 6.07) is 0. The summed E-state index contributed by atoms with van der Waals surface area (Å²) < 4.78 is 4.93. The molecule has 0 aromatic carbocycles. The largest absolute Gasteiger partial charge is 0.450 e. The van der Waals surface area contributed by atoms with Gasteiger partial charge in [0.2, 0.25) is 0 Å². The van der Waals surface area contributed by atoms with Crippen molar-refractivity contribution < 1.29 is 19.1 Å². The molecule has 1 heterocycles. The van der Waals surface area contributed by atoms with Gasteiger partial charge in [0.15, 0.2) is 0 Å². The zero-order valence-corrected chi connectivity index (χ0v) is 14.2. The molecular formula is C15H27N3O4. The number of piperazine rings is 1. The second kappa shape index (κ2) is 7.47. The Labute approximate surface area is 132 Å². The molecule has 0 N–H and O–H groups in total. The Morgan fingerprint density at radius 1 is 1.00 bits per heavy atom. The maximum Gasteiger partial charge on any atom is 0.409 e. The predicted octanol–water partition coefficient (Wildman–Crippen LogP) is 0.934. The van der Waals surface area contributed by atoms with E-state index in [-0.39, 0.29) is 6.09 Å². The fourth-order valence-electron chi connectivity index (χ4n) is 2.48. The van der Waals surface area contributed by atoms with E-state index in [4.69, 9.17) is 4.74 Å². The Hall–Kier alpha value is -1.79. The Morgan fingerprint density at radius 2 is 1.50 bits per heavy atom. The summed E-state index contributed by atoms with van der Waals surface area (Å²) >= 11 is 0. The molecule has 126 valence electrons. The van der Waals surface area contributed by atoms with Crippen molar-refractivity contribution in [3.8, 4) is 0 Å². The van der Waals surface area contributed by atoms with Gasteiger partial charge in [-0.05, 0) is 34.6 Å². The predicted molar refractivity (Wildman–Crippen MR) is 82.3 cm³/mol. The van der Waals surface area contributed by atoms with Gasteiger partial charge in [-0.2, -0.15) is 0 Å². The summed E-state index contributed by atoms with van der Waals surface area (Å²) in [6.45, 7) is 11.6. The summed E-state index contributed by atoms with van der Waals surface area (Å²) in [7, 11) is 0. The lowest BCUT2D eigenvalue weighted by molar-refractivity contribution is -0.155. The van der Waals surface area contributed by atoms with Crippen LogP contribution in [0.5, 0.6) is 0 Å². The third kappa shape index (κ3) is 4.35. The van der Waals surface area contributed by atoms with E-state index in [1.54, 1.807) is 16.7 Å². The molecule has 0 spiro atoms. The molecule has 7 nitrogen and oxygen atoms in total. The average molecular weight is 313 g/mol. The summed E-state index contributed by atoms with van der Waals surface area (Å²) in [4.78, 5) is 41.0. The van der Waals surface area contributed by atoms with Crippen LogP contribution in [0, 0.1) is 0 Å². The summed E-state index contributed by atoms with van der Waals surface area (Å²) in [5.74, 6) is -0.986. The van der Waals surface area contributed by atoms with E-state index >= 15 is 0 Å². The summed E-state index contributed by atoms with van der Waals surface area (Å²) in [5, 5.41) is 0. The minimum absolute atomic E-state index is 0.327. The Bertz CT molecular complexity index is 423. The molecule has 1 rings (SSSR count). The quantitative estimate of drug-likeness (QED) is 0.711. The molecule has 0 atom stereocenters. The van der Waals surface area contributed by atoms with Crippen LogP contribution in [-0.2, 0) is 14.3 Å². The fourth-order valence-corrected chi connectivity index (χ4v) is 2.48. The van der Waals surface area contributed by atoms with E-state index < -0.39 is 17.4 Å². The third-order valence-corrected chi connectivity index (χ3v) is 3.65. The summed E-state index contributed by atoms with van der Waals surface area (Å²) in [5.41, 5.74) is -0.395. The molecule has 1 aliphatic rings. The van der Waals surface area contributed by atoms with E-state index in [1.165, 1.54) is 4.90 Å². The van der Waals surface area contributed by atoms with Gasteiger partial charge in [-0.25, -0.2) is 4.79 Å². The monoisotopic (exact) mass is 313 g/mol. The first kappa shape index (κ1) is 18.3. The maximum atomic E-state index is 12.4. The molecule has 22 heavy (non-hydrogen) atoms. The fraction of sp³-hybridized carbons (Fsp3) is 0.800. The Morgan fingerprint density at radius 3 is 1.91 bits per heavy atom. The minimum atomic E-state index is -0.500. The molecule has 0 radical (unpaired) electrons. The van der Waals surface area contributed by atoms with Gasteiger partial charge in [-0.15, -0.1) is 0 Å². The van der Waals surface area contributed by atoms with Crippen molar-refractivity contribution >= 4 is 17.9 Å². The second-order valence-corrected chi connectivity index (χ2v) is 6.20. The SMILES string of the molecule is CCOC(=O)N1CCN(C(=O)C(=O)N(CC)C(C)(C)C)CC1. The van der Waals surface area contributed by atoms with Crippen LogP contribution < -0.4 is 0 Å². The number of amides is 3. The van der Waals surface area contributed by atoms with Crippen molar-refractivity contribution in [1.82, 2.24) is 14.7 Å². The Kier molecular flexibility index (Phi) is 6.20. The van der Waals surface area contributed by atoms with Crippen molar-refractivity contribution in [1.29, 1.82) is 0 Å². The minimum Gasteiger partial charge on any atom is -0.450 e. The van der Waals surface area contributed by atoms with Crippen LogP contribution in [0.25, 0.3) is 0 Å². The van der Waals surface area contributed by atoms with E-state index in [2.05, 4.69) is 0 Å². The highest BCUT2D eigenvalue weighted by Crippen LogP contribution is 2.14. The molecule has 7 heteroatoms. The van der Waals surface area contributed by atoms with Crippen LogP contribution in [0.2, 0.25) is 0 Å². The number of carbonyl (C=O) groups excluding carboxylic acids is 3.